The van der Waals surface area contributed by atoms with E-state index in [1.165, 1.54) is 43.4 Å². The number of benzene rings is 11. The number of rotatable bonds is 5. The van der Waals surface area contributed by atoms with Gasteiger partial charge in [-0.25, -0.2) is 15.0 Å². The van der Waals surface area contributed by atoms with Gasteiger partial charge in [-0.15, -0.1) is 0 Å². The highest BCUT2D eigenvalue weighted by atomic mass is 16.5. The summed E-state index contributed by atoms with van der Waals surface area (Å²) in [6, 6.07) is 70.3. The molecule has 1 aliphatic heterocycles. The summed E-state index contributed by atoms with van der Waals surface area (Å²) in [5, 5.41) is 21.3. The molecular weight excluding hydrogens is 769 g/mol. The lowest BCUT2D eigenvalue weighted by atomic mass is 9.89. The highest BCUT2D eigenvalue weighted by Crippen LogP contribution is 2.49. The SMILES string of the molecule is N#Cc1ccc2c(c1)Oc1ccc(-c3ccc4cc(-c5cc6ccc7cc(-c8nc(-c9ccccc9)nc(-c9ccccc9)n8)cc8ccc(c5)c6c78)ccc4c3)c3cccc-2c13. The molecule has 2 heterocycles. The lowest BCUT2D eigenvalue weighted by Gasteiger charge is -2.22. The summed E-state index contributed by atoms with van der Waals surface area (Å²) in [5.41, 5.74) is 10.2. The van der Waals surface area contributed by atoms with Crippen LogP contribution in [0.15, 0.2) is 194 Å². The number of hydrogen-bond donors (Lipinski definition) is 0. The van der Waals surface area contributed by atoms with E-state index in [0.717, 1.165) is 72.0 Å². The van der Waals surface area contributed by atoms with E-state index in [-0.39, 0.29) is 0 Å². The molecule has 0 saturated heterocycles. The van der Waals surface area contributed by atoms with Crippen LogP contribution in [0.4, 0.5) is 0 Å². The second-order valence-electron chi connectivity index (χ2n) is 16.3. The van der Waals surface area contributed by atoms with Gasteiger partial charge in [-0.3, -0.25) is 0 Å². The smallest absolute Gasteiger partial charge is 0.164 e. The van der Waals surface area contributed by atoms with E-state index >= 15 is 0 Å². The van der Waals surface area contributed by atoms with Crippen LogP contribution in [0.2, 0.25) is 0 Å². The minimum Gasteiger partial charge on any atom is -0.456 e. The molecule has 0 spiro atoms. The Kier molecular flexibility index (Phi) is 7.60. The third-order valence-corrected chi connectivity index (χ3v) is 12.6. The maximum atomic E-state index is 9.47. The quantitative estimate of drug-likeness (QED) is 0.162. The van der Waals surface area contributed by atoms with Gasteiger partial charge in [0.05, 0.1) is 11.6 Å². The maximum Gasteiger partial charge on any atom is 0.164 e. The van der Waals surface area contributed by atoms with Crippen molar-refractivity contribution in [1.82, 2.24) is 15.0 Å². The Balaban J connectivity index is 0.862. The zero-order chi connectivity index (χ0) is 41.6. The normalized spacial score (nSPS) is 11.9. The van der Waals surface area contributed by atoms with Gasteiger partial charge in [0.1, 0.15) is 11.5 Å². The van der Waals surface area contributed by atoms with Gasteiger partial charge in [0.25, 0.3) is 0 Å². The summed E-state index contributed by atoms with van der Waals surface area (Å²) in [6.45, 7) is 0. The van der Waals surface area contributed by atoms with Gasteiger partial charge in [0, 0.05) is 27.6 Å². The molecule has 0 bridgehead atoms. The molecule has 0 unspecified atom stereocenters. The number of hydrogen-bond acceptors (Lipinski definition) is 5. The summed E-state index contributed by atoms with van der Waals surface area (Å²) in [6.07, 6.45) is 0. The molecular formula is C58H32N4O. The van der Waals surface area contributed by atoms with Crippen molar-refractivity contribution in [3.63, 3.8) is 0 Å². The van der Waals surface area contributed by atoms with Crippen LogP contribution in [-0.2, 0) is 0 Å². The number of aromatic nitrogens is 3. The molecule has 5 nitrogen and oxygen atoms in total. The first-order valence-corrected chi connectivity index (χ1v) is 21.0. The first kappa shape index (κ1) is 35.1. The molecule has 11 aromatic carbocycles. The van der Waals surface area contributed by atoms with Gasteiger partial charge in [-0.05, 0) is 137 Å². The van der Waals surface area contributed by atoms with Gasteiger partial charge >= 0.3 is 0 Å². The Hall–Kier alpha value is -8.72. The summed E-state index contributed by atoms with van der Waals surface area (Å²) in [4.78, 5) is 14.9. The zero-order valence-corrected chi connectivity index (χ0v) is 33.7. The fourth-order valence-corrected chi connectivity index (χ4v) is 9.62. The van der Waals surface area contributed by atoms with Crippen molar-refractivity contribution in [2.45, 2.75) is 0 Å². The minimum absolute atomic E-state index is 0.587. The van der Waals surface area contributed by atoms with Crippen LogP contribution in [0.3, 0.4) is 0 Å². The molecule has 0 fully saturated rings. The molecule has 12 aromatic rings. The maximum absolute atomic E-state index is 9.47. The second kappa shape index (κ2) is 13.7. The Morgan fingerprint density at radius 3 is 1.48 bits per heavy atom. The van der Waals surface area contributed by atoms with Gasteiger partial charge in [0.2, 0.25) is 0 Å². The van der Waals surface area contributed by atoms with Crippen LogP contribution in [0.5, 0.6) is 11.5 Å². The van der Waals surface area contributed by atoms with Crippen molar-refractivity contribution in [1.29, 1.82) is 5.26 Å². The Morgan fingerprint density at radius 2 is 0.857 bits per heavy atom. The highest BCUT2D eigenvalue weighted by molar-refractivity contribution is 6.24. The second-order valence-corrected chi connectivity index (χ2v) is 16.3. The number of fused-ring (bicyclic) bond motifs is 3. The standard InChI is InChI=1S/C58H32N4O/c59-33-34-14-23-48-50-13-7-12-49-47(24-25-51(55(49)50)63-52(48)26-34)40-18-17-37-27-39(16-15-38(37)28-40)45-29-41-19-21-43-31-46(32-44-22-20-42(30-45)53(41)54(43)44)58-61-56(35-8-3-1-4-9-35)60-57(62-58)36-10-5-2-6-11-36/h1-32H. The third kappa shape index (κ3) is 5.66. The molecule has 0 atom stereocenters. The molecule has 5 heteroatoms. The number of nitrogens with zero attached hydrogens (tertiary/aromatic N) is 4. The predicted molar refractivity (Wildman–Crippen MR) is 256 cm³/mol. The van der Waals surface area contributed by atoms with Gasteiger partial charge in [-0.2, -0.15) is 5.26 Å². The molecule has 0 saturated carbocycles. The van der Waals surface area contributed by atoms with Crippen molar-refractivity contribution in [3.05, 3.63) is 200 Å². The topological polar surface area (TPSA) is 71.7 Å². The fourth-order valence-electron chi connectivity index (χ4n) is 9.62. The Labute approximate surface area is 362 Å². The molecule has 0 amide bonds. The van der Waals surface area contributed by atoms with Gasteiger partial charge in [0.15, 0.2) is 17.5 Å². The lowest BCUT2D eigenvalue weighted by molar-refractivity contribution is 0.487. The molecule has 13 rings (SSSR count). The molecule has 1 aliphatic rings. The highest BCUT2D eigenvalue weighted by Gasteiger charge is 2.22. The first-order chi connectivity index (χ1) is 31.1. The van der Waals surface area contributed by atoms with Crippen molar-refractivity contribution < 1.29 is 4.74 Å². The number of nitriles is 1. The molecule has 63 heavy (non-hydrogen) atoms. The summed E-state index contributed by atoms with van der Waals surface area (Å²) in [5.74, 6) is 3.48. The summed E-state index contributed by atoms with van der Waals surface area (Å²) >= 11 is 0. The van der Waals surface area contributed by atoms with Crippen LogP contribution in [0.25, 0.3) is 121 Å². The van der Waals surface area contributed by atoms with Crippen molar-refractivity contribution in [2.24, 2.45) is 0 Å². The van der Waals surface area contributed by atoms with E-state index < -0.39 is 0 Å². The average Bonchev–Trinajstić information content (AvgIpc) is 3.35. The first-order valence-electron chi connectivity index (χ1n) is 21.0. The number of ether oxygens (including phenoxy) is 1. The molecule has 0 aliphatic carbocycles. The third-order valence-electron chi connectivity index (χ3n) is 12.6. The van der Waals surface area contributed by atoms with Gasteiger partial charge in [-0.1, -0.05) is 133 Å². The molecule has 0 N–H and O–H groups in total. The largest absolute Gasteiger partial charge is 0.456 e. The fraction of sp³-hybridized carbons (Fsp3) is 0. The average molecular weight is 801 g/mol. The minimum atomic E-state index is 0.587. The van der Waals surface area contributed by atoms with Gasteiger partial charge < -0.3 is 4.74 Å². The van der Waals surface area contributed by atoms with E-state index in [0.29, 0.717) is 23.0 Å². The van der Waals surface area contributed by atoms with Crippen LogP contribution in [-0.4, -0.2) is 15.0 Å². The van der Waals surface area contributed by atoms with E-state index in [4.69, 9.17) is 19.7 Å². The van der Waals surface area contributed by atoms with Crippen molar-refractivity contribution in [3.8, 4) is 85.1 Å². The predicted octanol–water partition coefficient (Wildman–Crippen LogP) is 15.1. The lowest BCUT2D eigenvalue weighted by Crippen LogP contribution is -2.00. The monoisotopic (exact) mass is 800 g/mol. The van der Waals surface area contributed by atoms with E-state index in [1.807, 2.05) is 78.9 Å². The van der Waals surface area contributed by atoms with E-state index in [1.54, 1.807) is 0 Å². The van der Waals surface area contributed by atoms with Crippen LogP contribution in [0, 0.1) is 11.3 Å². The summed E-state index contributed by atoms with van der Waals surface area (Å²) < 4.78 is 6.37. The van der Waals surface area contributed by atoms with Crippen LogP contribution >= 0.6 is 0 Å². The van der Waals surface area contributed by atoms with Crippen LogP contribution < -0.4 is 4.74 Å². The van der Waals surface area contributed by atoms with E-state index in [2.05, 4.69) is 121 Å². The van der Waals surface area contributed by atoms with E-state index in [9.17, 15) is 5.26 Å². The van der Waals surface area contributed by atoms with Crippen molar-refractivity contribution in [2.75, 3.05) is 0 Å². The Bertz CT molecular complexity index is 3770. The zero-order valence-electron chi connectivity index (χ0n) is 33.7. The molecule has 290 valence electrons. The van der Waals surface area contributed by atoms with Crippen molar-refractivity contribution >= 4 is 53.9 Å². The molecule has 1 aromatic heterocycles. The van der Waals surface area contributed by atoms with Crippen LogP contribution in [0.1, 0.15) is 5.56 Å². The Morgan fingerprint density at radius 1 is 0.333 bits per heavy atom. The summed E-state index contributed by atoms with van der Waals surface area (Å²) in [7, 11) is 0. The molecule has 0 radical (unpaired) electrons.